The lowest BCUT2D eigenvalue weighted by Crippen LogP contribution is -2.43. The summed E-state index contributed by atoms with van der Waals surface area (Å²) in [5, 5.41) is 6.14. The van der Waals surface area contributed by atoms with Crippen LogP contribution in [0, 0.1) is 5.92 Å². The second kappa shape index (κ2) is 6.83. The number of nitrogens with one attached hydrogen (secondary N) is 2. The van der Waals surface area contributed by atoms with Gasteiger partial charge in [-0.3, -0.25) is 4.79 Å². The first-order chi connectivity index (χ1) is 7.67. The van der Waals surface area contributed by atoms with Gasteiger partial charge in [-0.05, 0) is 32.4 Å². The Bertz CT molecular complexity index is 213. The Hall–Kier alpha value is -0.650. The van der Waals surface area contributed by atoms with Crippen molar-refractivity contribution in [3.63, 3.8) is 0 Å². The molecule has 2 N–H and O–H groups in total. The van der Waals surface area contributed by atoms with Crippen LogP contribution in [0.4, 0.5) is 0 Å². The van der Waals surface area contributed by atoms with Crippen LogP contribution in [0.15, 0.2) is 0 Å². The van der Waals surface area contributed by atoms with Crippen LogP contribution in [0.25, 0.3) is 0 Å². The van der Waals surface area contributed by atoms with Crippen LogP contribution in [0.3, 0.4) is 0 Å². The summed E-state index contributed by atoms with van der Waals surface area (Å²) in [6.45, 7) is 3.84. The molecule has 0 aromatic heterocycles. The molecule has 2 atom stereocenters. The average molecular weight is 230 g/mol. The van der Waals surface area contributed by atoms with Gasteiger partial charge in [0.15, 0.2) is 6.29 Å². The molecular formula is C11H22N2O3. The van der Waals surface area contributed by atoms with E-state index < -0.39 is 0 Å². The van der Waals surface area contributed by atoms with E-state index in [0.29, 0.717) is 12.3 Å². The summed E-state index contributed by atoms with van der Waals surface area (Å²) >= 11 is 0. The first kappa shape index (κ1) is 13.4. The van der Waals surface area contributed by atoms with Crippen molar-refractivity contribution in [1.82, 2.24) is 10.6 Å². The molecule has 1 heterocycles. The predicted octanol–water partition coefficient (Wildman–Crippen LogP) is 0.110. The SMILES string of the molecule is COC(OC)C(C)NC(=O)CC1CCNC1. The van der Waals surface area contributed by atoms with Crippen molar-refractivity contribution in [3.05, 3.63) is 0 Å². The maximum absolute atomic E-state index is 11.7. The van der Waals surface area contributed by atoms with Gasteiger partial charge in [0.25, 0.3) is 0 Å². The summed E-state index contributed by atoms with van der Waals surface area (Å²) in [4.78, 5) is 11.7. The molecule has 2 unspecified atom stereocenters. The van der Waals surface area contributed by atoms with Crippen molar-refractivity contribution >= 4 is 5.91 Å². The topological polar surface area (TPSA) is 59.6 Å². The van der Waals surface area contributed by atoms with Gasteiger partial charge < -0.3 is 20.1 Å². The van der Waals surface area contributed by atoms with E-state index in [1.165, 1.54) is 0 Å². The van der Waals surface area contributed by atoms with E-state index >= 15 is 0 Å². The number of ether oxygens (including phenoxy) is 2. The predicted molar refractivity (Wildman–Crippen MR) is 61.0 cm³/mol. The molecule has 16 heavy (non-hydrogen) atoms. The Balaban J connectivity index is 2.26. The molecule has 0 saturated carbocycles. The Morgan fingerprint density at radius 2 is 2.19 bits per heavy atom. The Kier molecular flexibility index (Phi) is 5.73. The fourth-order valence-electron chi connectivity index (χ4n) is 2.04. The summed E-state index contributed by atoms with van der Waals surface area (Å²) in [5.74, 6) is 0.538. The molecule has 1 aliphatic rings. The third-order valence-corrected chi connectivity index (χ3v) is 2.90. The molecule has 1 amide bonds. The van der Waals surface area contributed by atoms with Crippen LogP contribution >= 0.6 is 0 Å². The van der Waals surface area contributed by atoms with Crippen LogP contribution in [-0.4, -0.2) is 45.5 Å². The molecular weight excluding hydrogens is 208 g/mol. The lowest BCUT2D eigenvalue weighted by atomic mass is 10.0. The molecule has 0 spiro atoms. The van der Waals surface area contributed by atoms with Gasteiger partial charge in [0.1, 0.15) is 0 Å². The monoisotopic (exact) mass is 230 g/mol. The highest BCUT2D eigenvalue weighted by Crippen LogP contribution is 2.12. The average Bonchev–Trinajstić information content (AvgIpc) is 2.71. The van der Waals surface area contributed by atoms with Crippen molar-refractivity contribution in [2.75, 3.05) is 27.3 Å². The summed E-state index contributed by atoms with van der Waals surface area (Å²) in [6.07, 6.45) is 1.28. The van der Waals surface area contributed by atoms with Crippen molar-refractivity contribution in [2.45, 2.75) is 32.1 Å². The first-order valence-corrected chi connectivity index (χ1v) is 5.73. The first-order valence-electron chi connectivity index (χ1n) is 5.73. The third-order valence-electron chi connectivity index (χ3n) is 2.90. The van der Waals surface area contributed by atoms with Gasteiger partial charge in [0, 0.05) is 20.6 Å². The molecule has 0 aliphatic carbocycles. The molecule has 5 nitrogen and oxygen atoms in total. The molecule has 5 heteroatoms. The number of amides is 1. The minimum Gasteiger partial charge on any atom is -0.354 e. The number of carbonyl (C=O) groups is 1. The van der Waals surface area contributed by atoms with Crippen LogP contribution in [0.5, 0.6) is 0 Å². The minimum atomic E-state index is -0.384. The number of hydrogen-bond donors (Lipinski definition) is 2. The van der Waals surface area contributed by atoms with E-state index in [2.05, 4.69) is 10.6 Å². The second-order valence-electron chi connectivity index (χ2n) is 4.26. The summed E-state index contributed by atoms with van der Waals surface area (Å²) < 4.78 is 10.2. The Morgan fingerprint density at radius 1 is 1.50 bits per heavy atom. The number of methoxy groups -OCH3 is 2. The van der Waals surface area contributed by atoms with Crippen molar-refractivity contribution in [3.8, 4) is 0 Å². The lowest BCUT2D eigenvalue weighted by Gasteiger charge is -2.22. The lowest BCUT2D eigenvalue weighted by molar-refractivity contribution is -0.136. The summed E-state index contributed by atoms with van der Waals surface area (Å²) in [7, 11) is 3.13. The largest absolute Gasteiger partial charge is 0.354 e. The van der Waals surface area contributed by atoms with Gasteiger partial charge in [-0.2, -0.15) is 0 Å². The molecule has 0 radical (unpaired) electrons. The van der Waals surface area contributed by atoms with Gasteiger partial charge in [0.05, 0.1) is 6.04 Å². The van der Waals surface area contributed by atoms with Gasteiger partial charge in [-0.15, -0.1) is 0 Å². The van der Waals surface area contributed by atoms with Crippen LogP contribution < -0.4 is 10.6 Å². The molecule has 0 aromatic rings. The van der Waals surface area contributed by atoms with E-state index in [4.69, 9.17) is 9.47 Å². The molecule has 0 bridgehead atoms. The van der Waals surface area contributed by atoms with E-state index in [1.54, 1.807) is 14.2 Å². The second-order valence-corrected chi connectivity index (χ2v) is 4.26. The summed E-state index contributed by atoms with van der Waals surface area (Å²) in [5.41, 5.74) is 0. The maximum Gasteiger partial charge on any atom is 0.220 e. The third kappa shape index (κ3) is 4.08. The number of carbonyl (C=O) groups excluding carboxylic acids is 1. The van der Waals surface area contributed by atoms with E-state index in [0.717, 1.165) is 19.5 Å². The zero-order valence-corrected chi connectivity index (χ0v) is 10.3. The zero-order chi connectivity index (χ0) is 12.0. The Morgan fingerprint density at radius 3 is 2.69 bits per heavy atom. The van der Waals surface area contributed by atoms with E-state index in [-0.39, 0.29) is 18.2 Å². The molecule has 1 fully saturated rings. The Labute approximate surface area is 96.9 Å². The zero-order valence-electron chi connectivity index (χ0n) is 10.3. The van der Waals surface area contributed by atoms with Gasteiger partial charge >= 0.3 is 0 Å². The normalized spacial score (nSPS) is 22.4. The number of rotatable bonds is 6. The minimum absolute atomic E-state index is 0.0697. The van der Waals surface area contributed by atoms with E-state index in [1.807, 2.05) is 6.92 Å². The van der Waals surface area contributed by atoms with Crippen molar-refractivity contribution < 1.29 is 14.3 Å². The number of hydrogen-bond acceptors (Lipinski definition) is 4. The van der Waals surface area contributed by atoms with Gasteiger partial charge in [-0.25, -0.2) is 0 Å². The van der Waals surface area contributed by atoms with Gasteiger partial charge in [0.2, 0.25) is 5.91 Å². The van der Waals surface area contributed by atoms with Crippen LogP contribution in [0.2, 0.25) is 0 Å². The highest BCUT2D eigenvalue weighted by Gasteiger charge is 2.21. The molecule has 94 valence electrons. The van der Waals surface area contributed by atoms with Crippen LogP contribution in [0.1, 0.15) is 19.8 Å². The van der Waals surface area contributed by atoms with E-state index in [9.17, 15) is 4.79 Å². The quantitative estimate of drug-likeness (QED) is 0.636. The fourth-order valence-corrected chi connectivity index (χ4v) is 2.04. The fraction of sp³-hybridized carbons (Fsp3) is 0.909. The maximum atomic E-state index is 11.7. The van der Waals surface area contributed by atoms with Crippen molar-refractivity contribution in [2.24, 2.45) is 5.92 Å². The standard InChI is InChI=1S/C11H22N2O3/c1-8(11(15-2)16-3)13-10(14)6-9-4-5-12-7-9/h8-9,11-12H,4-7H2,1-3H3,(H,13,14). The highest BCUT2D eigenvalue weighted by atomic mass is 16.7. The molecule has 1 rings (SSSR count). The smallest absolute Gasteiger partial charge is 0.220 e. The van der Waals surface area contributed by atoms with Gasteiger partial charge in [-0.1, -0.05) is 0 Å². The van der Waals surface area contributed by atoms with Crippen molar-refractivity contribution in [1.29, 1.82) is 0 Å². The molecule has 0 aromatic carbocycles. The molecule has 1 aliphatic heterocycles. The summed E-state index contributed by atoms with van der Waals surface area (Å²) in [6, 6.07) is -0.128. The molecule has 1 saturated heterocycles. The van der Waals surface area contributed by atoms with Crippen LogP contribution in [-0.2, 0) is 14.3 Å². The highest BCUT2D eigenvalue weighted by molar-refractivity contribution is 5.76.